The fraction of sp³-hybridized carbons (Fsp3) is 0.417. The number of benzene rings is 1. The number of amides is 1. The van der Waals surface area contributed by atoms with E-state index >= 15 is 0 Å². The van der Waals surface area contributed by atoms with Crippen molar-refractivity contribution >= 4 is 23.4 Å². The highest BCUT2D eigenvalue weighted by molar-refractivity contribution is 7.99. The third-order valence-corrected chi connectivity index (χ3v) is 3.74. The molecule has 1 fully saturated rings. The Balaban J connectivity index is 1.86. The van der Waals surface area contributed by atoms with Crippen LogP contribution in [0, 0.1) is 0 Å². The number of phenolic OH excluding ortho intramolecular Hbond substituents is 1. The molecule has 0 aliphatic carbocycles. The van der Waals surface area contributed by atoms with Crippen molar-refractivity contribution in [1.82, 2.24) is 5.32 Å². The van der Waals surface area contributed by atoms with Gasteiger partial charge in [-0.3, -0.25) is 4.79 Å². The minimum Gasteiger partial charge on any atom is -0.506 e. The minimum atomic E-state index is -0.0634. The predicted molar refractivity (Wildman–Crippen MR) is 70.5 cm³/mol. The number of carbonyl (C=O) groups is 1. The summed E-state index contributed by atoms with van der Waals surface area (Å²) in [5.41, 5.74) is 0.473. The van der Waals surface area contributed by atoms with Gasteiger partial charge in [0, 0.05) is 30.5 Å². The van der Waals surface area contributed by atoms with Crippen molar-refractivity contribution in [1.29, 1.82) is 0 Å². The summed E-state index contributed by atoms with van der Waals surface area (Å²) in [4.78, 5) is 11.8. The first kappa shape index (κ1) is 12.3. The van der Waals surface area contributed by atoms with E-state index in [1.807, 2.05) is 11.8 Å². The number of hydrogen-bond donors (Lipinski definition) is 3. The molecule has 4 nitrogen and oxygen atoms in total. The normalized spacial score (nSPS) is 19.9. The Morgan fingerprint density at radius 3 is 3.06 bits per heavy atom. The summed E-state index contributed by atoms with van der Waals surface area (Å²) in [7, 11) is 0. The second-order valence-corrected chi connectivity index (χ2v) is 5.15. The Hall–Kier alpha value is -1.20. The number of aromatic hydroxyl groups is 1. The van der Waals surface area contributed by atoms with Crippen molar-refractivity contribution in [3.8, 4) is 5.75 Å². The quantitative estimate of drug-likeness (QED) is 0.712. The van der Waals surface area contributed by atoms with Crippen molar-refractivity contribution < 1.29 is 9.90 Å². The standard InChI is InChI=1S/C12H16N2O2S/c15-11-4-2-1-3-10(11)14-12(16)7-9-8-17-6-5-13-9/h1-4,9,13,15H,5-8H2,(H,14,16). The van der Waals surface area contributed by atoms with Gasteiger partial charge in [0.25, 0.3) is 0 Å². The van der Waals surface area contributed by atoms with Gasteiger partial charge in [-0.1, -0.05) is 12.1 Å². The van der Waals surface area contributed by atoms with Crippen molar-refractivity contribution in [2.75, 3.05) is 23.4 Å². The Labute approximate surface area is 105 Å². The van der Waals surface area contributed by atoms with Gasteiger partial charge in [-0.15, -0.1) is 0 Å². The maximum Gasteiger partial charge on any atom is 0.226 e. The van der Waals surface area contributed by atoms with Crippen LogP contribution in [0.1, 0.15) is 6.42 Å². The summed E-state index contributed by atoms with van der Waals surface area (Å²) >= 11 is 1.86. The summed E-state index contributed by atoms with van der Waals surface area (Å²) in [5, 5.41) is 15.6. The van der Waals surface area contributed by atoms with E-state index in [4.69, 9.17) is 0 Å². The average Bonchev–Trinajstić information content (AvgIpc) is 2.33. The summed E-state index contributed by atoms with van der Waals surface area (Å²) in [5.74, 6) is 2.12. The van der Waals surface area contributed by atoms with Gasteiger partial charge in [-0.05, 0) is 12.1 Å². The van der Waals surface area contributed by atoms with Crippen LogP contribution in [0.15, 0.2) is 24.3 Å². The van der Waals surface area contributed by atoms with Gasteiger partial charge in [-0.25, -0.2) is 0 Å². The van der Waals surface area contributed by atoms with Crippen LogP contribution in [0.5, 0.6) is 5.75 Å². The molecule has 3 N–H and O–H groups in total. The smallest absolute Gasteiger partial charge is 0.226 e. The third-order valence-electron chi connectivity index (χ3n) is 2.61. The third kappa shape index (κ3) is 3.64. The summed E-state index contributed by atoms with van der Waals surface area (Å²) in [6, 6.07) is 6.99. The summed E-state index contributed by atoms with van der Waals surface area (Å²) in [6.07, 6.45) is 0.446. The molecule has 1 aliphatic heterocycles. The number of para-hydroxylation sites is 2. The lowest BCUT2D eigenvalue weighted by atomic mass is 10.2. The van der Waals surface area contributed by atoms with E-state index in [-0.39, 0.29) is 17.7 Å². The lowest BCUT2D eigenvalue weighted by Gasteiger charge is -2.22. The van der Waals surface area contributed by atoms with Crippen molar-refractivity contribution in [3.05, 3.63) is 24.3 Å². The first-order valence-corrected chi connectivity index (χ1v) is 6.80. The van der Waals surface area contributed by atoms with Crippen molar-refractivity contribution in [2.24, 2.45) is 0 Å². The summed E-state index contributed by atoms with van der Waals surface area (Å²) < 4.78 is 0. The number of anilines is 1. The molecule has 1 saturated heterocycles. The van der Waals surface area contributed by atoms with E-state index in [0.29, 0.717) is 12.1 Å². The highest BCUT2D eigenvalue weighted by Gasteiger charge is 2.17. The molecular formula is C12H16N2O2S. The van der Waals surface area contributed by atoms with Crippen LogP contribution in [0.3, 0.4) is 0 Å². The maximum absolute atomic E-state index is 11.8. The number of thioether (sulfide) groups is 1. The van der Waals surface area contributed by atoms with Crippen LogP contribution in [0.25, 0.3) is 0 Å². The molecule has 92 valence electrons. The molecular weight excluding hydrogens is 236 g/mol. The van der Waals surface area contributed by atoms with E-state index in [1.54, 1.807) is 24.3 Å². The maximum atomic E-state index is 11.8. The molecule has 0 bridgehead atoms. The van der Waals surface area contributed by atoms with E-state index < -0.39 is 0 Å². The van der Waals surface area contributed by atoms with E-state index in [9.17, 15) is 9.90 Å². The SMILES string of the molecule is O=C(CC1CSCCN1)Nc1ccccc1O. The van der Waals surface area contributed by atoms with Crippen LogP contribution in [-0.2, 0) is 4.79 Å². The lowest BCUT2D eigenvalue weighted by molar-refractivity contribution is -0.116. The predicted octanol–water partition coefficient (Wildman–Crippen LogP) is 1.43. The minimum absolute atomic E-state index is 0.0634. The second kappa shape index (κ2) is 5.93. The van der Waals surface area contributed by atoms with Gasteiger partial charge in [0.05, 0.1) is 5.69 Å². The van der Waals surface area contributed by atoms with Gasteiger partial charge >= 0.3 is 0 Å². The highest BCUT2D eigenvalue weighted by Crippen LogP contribution is 2.22. The Kier molecular flexibility index (Phi) is 4.28. The molecule has 5 heteroatoms. The highest BCUT2D eigenvalue weighted by atomic mass is 32.2. The van der Waals surface area contributed by atoms with Crippen molar-refractivity contribution in [3.63, 3.8) is 0 Å². The summed E-state index contributed by atoms with van der Waals surface area (Å²) in [6.45, 7) is 0.958. The molecule has 1 aliphatic rings. The van der Waals surface area contributed by atoms with Gasteiger partial charge in [0.1, 0.15) is 5.75 Å². The van der Waals surface area contributed by atoms with Gasteiger partial charge in [0.15, 0.2) is 0 Å². The zero-order valence-electron chi connectivity index (χ0n) is 9.48. The molecule has 1 unspecified atom stereocenters. The number of nitrogens with one attached hydrogen (secondary N) is 2. The number of carbonyl (C=O) groups excluding carboxylic acids is 1. The number of hydrogen-bond acceptors (Lipinski definition) is 4. The molecule has 1 heterocycles. The van der Waals surface area contributed by atoms with Crippen LogP contribution >= 0.6 is 11.8 Å². The van der Waals surface area contributed by atoms with Gasteiger partial charge in [0.2, 0.25) is 5.91 Å². The Morgan fingerprint density at radius 2 is 2.35 bits per heavy atom. The lowest BCUT2D eigenvalue weighted by Crippen LogP contribution is -2.39. The van der Waals surface area contributed by atoms with Crippen LogP contribution in [-0.4, -0.2) is 35.1 Å². The molecule has 1 atom stereocenters. The molecule has 0 aromatic heterocycles. The van der Waals surface area contributed by atoms with Crippen molar-refractivity contribution in [2.45, 2.75) is 12.5 Å². The Morgan fingerprint density at radius 1 is 1.53 bits per heavy atom. The molecule has 0 saturated carbocycles. The molecule has 2 rings (SSSR count). The number of phenols is 1. The first-order chi connectivity index (χ1) is 8.25. The molecule has 17 heavy (non-hydrogen) atoms. The number of rotatable bonds is 3. The van der Waals surface area contributed by atoms with Gasteiger partial charge in [-0.2, -0.15) is 11.8 Å². The monoisotopic (exact) mass is 252 g/mol. The van der Waals surface area contributed by atoms with Gasteiger partial charge < -0.3 is 15.7 Å². The van der Waals surface area contributed by atoms with Crippen LogP contribution in [0.2, 0.25) is 0 Å². The van der Waals surface area contributed by atoms with Crippen LogP contribution < -0.4 is 10.6 Å². The molecule has 1 aromatic carbocycles. The van der Waals surface area contributed by atoms with E-state index in [2.05, 4.69) is 10.6 Å². The zero-order valence-corrected chi connectivity index (χ0v) is 10.3. The molecule has 0 spiro atoms. The molecule has 1 amide bonds. The Bertz CT molecular complexity index is 392. The largest absolute Gasteiger partial charge is 0.506 e. The zero-order chi connectivity index (χ0) is 12.1. The topological polar surface area (TPSA) is 61.4 Å². The average molecular weight is 252 g/mol. The van der Waals surface area contributed by atoms with E-state index in [1.165, 1.54) is 0 Å². The fourth-order valence-electron chi connectivity index (χ4n) is 1.76. The molecule has 1 aromatic rings. The second-order valence-electron chi connectivity index (χ2n) is 4.00. The van der Waals surface area contributed by atoms with Crippen LogP contribution in [0.4, 0.5) is 5.69 Å². The fourth-order valence-corrected chi connectivity index (χ4v) is 2.70. The molecule has 0 radical (unpaired) electrons. The first-order valence-electron chi connectivity index (χ1n) is 5.64. The van der Waals surface area contributed by atoms with E-state index in [0.717, 1.165) is 18.1 Å².